The summed E-state index contributed by atoms with van der Waals surface area (Å²) < 4.78 is 5.72. The first-order valence-electron chi connectivity index (χ1n) is 9.13. The van der Waals surface area contributed by atoms with Gasteiger partial charge in [0.2, 0.25) is 11.8 Å². The average Bonchev–Trinajstić information content (AvgIpc) is 2.78. The molecule has 1 aliphatic carbocycles. The highest BCUT2D eigenvalue weighted by Crippen LogP contribution is 2.50. The number of carbonyl (C=O) groups is 2. The van der Waals surface area contributed by atoms with Crippen LogP contribution in [0.2, 0.25) is 0 Å². The third kappa shape index (κ3) is 3.96. The molecule has 6 nitrogen and oxygen atoms in total. The summed E-state index contributed by atoms with van der Waals surface area (Å²) in [5.41, 5.74) is 5.27. The number of carbonyl (C=O) groups excluding carboxylic acids is 2. The van der Waals surface area contributed by atoms with Crippen LogP contribution in [-0.4, -0.2) is 66.0 Å². The van der Waals surface area contributed by atoms with E-state index in [1.54, 1.807) is 0 Å². The topological polar surface area (TPSA) is 75.9 Å². The average molecular weight is 376 g/mol. The summed E-state index contributed by atoms with van der Waals surface area (Å²) in [6, 6.07) is 0. The van der Waals surface area contributed by atoms with Crippen molar-refractivity contribution in [1.82, 2.24) is 9.80 Å². The molecule has 0 aromatic rings. The maximum atomic E-state index is 13.1. The molecule has 2 unspecified atom stereocenters. The van der Waals surface area contributed by atoms with Gasteiger partial charge in [0.25, 0.3) is 0 Å². The van der Waals surface area contributed by atoms with Gasteiger partial charge >= 0.3 is 0 Å². The zero-order valence-electron chi connectivity index (χ0n) is 16.2. The highest BCUT2D eigenvalue weighted by atomic mass is 35.5. The van der Waals surface area contributed by atoms with Gasteiger partial charge in [0.05, 0.1) is 6.10 Å². The predicted molar refractivity (Wildman–Crippen MR) is 101 cm³/mol. The summed E-state index contributed by atoms with van der Waals surface area (Å²) in [6.45, 7) is 13.0. The van der Waals surface area contributed by atoms with Crippen LogP contribution in [0.1, 0.15) is 47.5 Å². The van der Waals surface area contributed by atoms with Crippen LogP contribution in [0.4, 0.5) is 0 Å². The molecule has 2 atom stereocenters. The fourth-order valence-electron chi connectivity index (χ4n) is 3.79. The second kappa shape index (κ2) is 8.23. The van der Waals surface area contributed by atoms with Crippen molar-refractivity contribution in [3.05, 3.63) is 0 Å². The van der Waals surface area contributed by atoms with Crippen molar-refractivity contribution in [2.75, 3.05) is 32.8 Å². The van der Waals surface area contributed by atoms with Gasteiger partial charge in [-0.1, -0.05) is 27.7 Å². The molecule has 2 aliphatic rings. The van der Waals surface area contributed by atoms with Crippen molar-refractivity contribution < 1.29 is 14.3 Å². The molecule has 2 N–H and O–H groups in total. The number of amides is 2. The summed E-state index contributed by atoms with van der Waals surface area (Å²) in [5, 5.41) is 0. The van der Waals surface area contributed by atoms with Crippen LogP contribution in [0.25, 0.3) is 0 Å². The molecule has 0 aromatic carbocycles. The van der Waals surface area contributed by atoms with Gasteiger partial charge in [-0.15, -0.1) is 12.4 Å². The number of nitrogens with two attached hydrogens (primary N) is 1. The van der Waals surface area contributed by atoms with Crippen molar-refractivity contribution in [3.63, 3.8) is 0 Å². The molecule has 2 amide bonds. The van der Waals surface area contributed by atoms with E-state index < -0.39 is 5.54 Å². The molecule has 0 radical (unpaired) electrons. The van der Waals surface area contributed by atoms with Crippen molar-refractivity contribution in [1.29, 1.82) is 0 Å². The van der Waals surface area contributed by atoms with Gasteiger partial charge in [0.1, 0.15) is 5.54 Å². The van der Waals surface area contributed by atoms with Crippen LogP contribution in [-0.2, 0) is 14.3 Å². The molecule has 0 spiro atoms. The van der Waals surface area contributed by atoms with Crippen molar-refractivity contribution >= 4 is 24.2 Å². The Morgan fingerprint density at radius 2 is 1.72 bits per heavy atom. The normalized spacial score (nSPS) is 28.8. The Morgan fingerprint density at radius 3 is 2.24 bits per heavy atom. The zero-order chi connectivity index (χ0) is 18.1. The van der Waals surface area contributed by atoms with E-state index in [9.17, 15) is 9.59 Å². The summed E-state index contributed by atoms with van der Waals surface area (Å²) in [6.07, 6.45) is 1.40. The Hall–Kier alpha value is -0.850. The zero-order valence-corrected chi connectivity index (χ0v) is 17.0. The van der Waals surface area contributed by atoms with Crippen LogP contribution >= 0.6 is 12.4 Å². The minimum Gasteiger partial charge on any atom is -0.378 e. The number of hydrogen-bond acceptors (Lipinski definition) is 4. The van der Waals surface area contributed by atoms with Gasteiger partial charge in [-0.3, -0.25) is 9.59 Å². The third-order valence-corrected chi connectivity index (χ3v) is 5.80. The van der Waals surface area contributed by atoms with Crippen LogP contribution < -0.4 is 5.73 Å². The van der Waals surface area contributed by atoms with Crippen LogP contribution in [0.5, 0.6) is 0 Å². The molecule has 25 heavy (non-hydrogen) atoms. The van der Waals surface area contributed by atoms with E-state index in [0.717, 1.165) is 6.42 Å². The number of rotatable bonds is 4. The molecule has 7 heteroatoms. The minimum absolute atomic E-state index is 0. The fraction of sp³-hybridized carbons (Fsp3) is 0.889. The smallest absolute Gasteiger partial charge is 0.243 e. The van der Waals surface area contributed by atoms with Crippen molar-refractivity contribution in [2.45, 2.75) is 59.1 Å². The van der Waals surface area contributed by atoms with E-state index in [0.29, 0.717) is 39.2 Å². The first-order valence-corrected chi connectivity index (χ1v) is 9.13. The van der Waals surface area contributed by atoms with E-state index >= 15 is 0 Å². The molecular formula is C18H34ClN3O3. The molecule has 0 bridgehead atoms. The Bertz CT molecular complexity index is 498. The second-order valence-corrected chi connectivity index (χ2v) is 7.97. The fourth-order valence-corrected chi connectivity index (χ4v) is 3.79. The molecule has 0 aromatic heterocycles. The summed E-state index contributed by atoms with van der Waals surface area (Å²) in [7, 11) is 0. The molecule has 146 valence electrons. The standard InChI is InChI=1S/C18H33N3O3.ClH/c1-6-24-14-12-18(19,17(14,4)5)16(23)21-9-7-8-20(10-11-21)15(22)13(2)3;/h13-14H,6-12,19H2,1-5H3;1H. The number of hydrogen-bond donors (Lipinski definition) is 1. The summed E-state index contributed by atoms with van der Waals surface area (Å²) in [4.78, 5) is 29.0. The summed E-state index contributed by atoms with van der Waals surface area (Å²) >= 11 is 0. The maximum Gasteiger partial charge on any atom is 0.243 e. The Labute approximate surface area is 157 Å². The largest absolute Gasteiger partial charge is 0.378 e. The Kier molecular flexibility index (Phi) is 7.31. The lowest BCUT2D eigenvalue weighted by molar-refractivity contribution is -0.179. The maximum absolute atomic E-state index is 13.1. The first-order chi connectivity index (χ1) is 11.1. The van der Waals surface area contributed by atoms with E-state index in [2.05, 4.69) is 0 Å². The van der Waals surface area contributed by atoms with Gasteiger partial charge in [-0.25, -0.2) is 0 Å². The molecule has 1 saturated carbocycles. The molecular weight excluding hydrogens is 342 g/mol. The highest BCUT2D eigenvalue weighted by molar-refractivity contribution is 5.89. The van der Waals surface area contributed by atoms with Gasteiger partial charge < -0.3 is 20.3 Å². The first kappa shape index (κ1) is 22.2. The lowest BCUT2D eigenvalue weighted by Crippen LogP contribution is -2.76. The predicted octanol–water partition coefficient (Wildman–Crippen LogP) is 1.66. The van der Waals surface area contributed by atoms with Crippen LogP contribution in [0.15, 0.2) is 0 Å². The Balaban J connectivity index is 0.00000312. The summed E-state index contributed by atoms with van der Waals surface area (Å²) in [5.74, 6) is 0.153. The number of ether oxygens (including phenoxy) is 1. The SMILES string of the molecule is CCOC1CC(N)(C(=O)N2CCCN(C(=O)C(C)C)CC2)C1(C)C.Cl. The van der Waals surface area contributed by atoms with Gasteiger partial charge in [-0.2, -0.15) is 0 Å². The molecule has 1 saturated heterocycles. The number of halogens is 1. The minimum atomic E-state index is -0.871. The lowest BCUT2D eigenvalue weighted by atomic mass is 9.54. The quantitative estimate of drug-likeness (QED) is 0.810. The second-order valence-electron chi connectivity index (χ2n) is 7.97. The molecule has 1 heterocycles. The van der Waals surface area contributed by atoms with Crippen molar-refractivity contribution in [2.24, 2.45) is 17.1 Å². The van der Waals surface area contributed by atoms with E-state index in [-0.39, 0.29) is 41.7 Å². The van der Waals surface area contributed by atoms with Crippen LogP contribution in [0, 0.1) is 11.3 Å². The lowest BCUT2D eigenvalue weighted by Gasteiger charge is -2.58. The van der Waals surface area contributed by atoms with E-state index in [1.165, 1.54) is 0 Å². The Morgan fingerprint density at radius 1 is 1.16 bits per heavy atom. The van der Waals surface area contributed by atoms with Gasteiger partial charge in [0, 0.05) is 50.5 Å². The number of nitrogens with zero attached hydrogens (tertiary/aromatic N) is 2. The van der Waals surface area contributed by atoms with Crippen LogP contribution in [0.3, 0.4) is 0 Å². The molecule has 2 fully saturated rings. The van der Waals surface area contributed by atoms with Gasteiger partial charge in [0.15, 0.2) is 0 Å². The molecule has 1 aliphatic heterocycles. The third-order valence-electron chi connectivity index (χ3n) is 5.80. The van der Waals surface area contributed by atoms with Gasteiger partial charge in [-0.05, 0) is 13.3 Å². The van der Waals surface area contributed by atoms with E-state index in [1.807, 2.05) is 44.4 Å². The highest BCUT2D eigenvalue weighted by Gasteiger charge is 2.63. The monoisotopic (exact) mass is 375 g/mol. The van der Waals surface area contributed by atoms with E-state index in [4.69, 9.17) is 10.5 Å². The molecule has 2 rings (SSSR count). The van der Waals surface area contributed by atoms with Crippen molar-refractivity contribution in [3.8, 4) is 0 Å².